The third-order valence-corrected chi connectivity index (χ3v) is 11.6. The van der Waals surface area contributed by atoms with E-state index in [1.807, 2.05) is 12.3 Å². The van der Waals surface area contributed by atoms with Gasteiger partial charge in [-0.3, -0.25) is 0 Å². The highest BCUT2D eigenvalue weighted by molar-refractivity contribution is 5.89. The minimum Gasteiger partial charge on any atom is -0.310 e. The molecule has 1 aliphatic rings. The Balaban J connectivity index is 1.02. The Morgan fingerprint density at radius 3 is 1.64 bits per heavy atom. The number of nitrogens with zero attached hydrogens (tertiary/aromatic N) is 3. The van der Waals surface area contributed by atoms with Crippen LogP contribution in [0.1, 0.15) is 48.9 Å². The molecule has 9 rings (SSSR count). The predicted molar refractivity (Wildman–Crippen MR) is 235 cm³/mol. The average molecular weight is 722 g/mol. The molecule has 0 saturated carbocycles. The van der Waals surface area contributed by atoms with Gasteiger partial charge in [-0.2, -0.15) is 10.2 Å². The second-order valence-corrected chi connectivity index (χ2v) is 14.5. The lowest BCUT2D eigenvalue weighted by Gasteiger charge is -2.32. The molecule has 0 spiro atoms. The Hall–Kier alpha value is -6.84. The van der Waals surface area contributed by atoms with E-state index >= 15 is 0 Å². The van der Waals surface area contributed by atoms with E-state index in [0.717, 1.165) is 46.5 Å². The number of hydrogen-bond acceptors (Lipinski definition) is 3. The van der Waals surface area contributed by atoms with E-state index in [0.29, 0.717) is 0 Å². The van der Waals surface area contributed by atoms with Crippen molar-refractivity contribution >= 4 is 29.2 Å². The number of fused-ring (bicyclic) bond motifs is 3. The minimum atomic E-state index is -0.0661. The second-order valence-electron chi connectivity index (χ2n) is 14.5. The molecule has 1 aromatic heterocycles. The average Bonchev–Trinajstić information content (AvgIpc) is 3.55. The van der Waals surface area contributed by atoms with Gasteiger partial charge in [0.15, 0.2) is 0 Å². The highest BCUT2D eigenvalue weighted by Crippen LogP contribution is 2.54. The van der Waals surface area contributed by atoms with Crippen LogP contribution in [0.3, 0.4) is 0 Å². The van der Waals surface area contributed by atoms with Crippen LogP contribution in [0.2, 0.25) is 0 Å². The molecular formula is C53H43N3. The summed E-state index contributed by atoms with van der Waals surface area (Å²) >= 11 is 0. The summed E-state index contributed by atoms with van der Waals surface area (Å²) in [6.07, 6.45) is 10.1. The molecule has 56 heavy (non-hydrogen) atoms. The molecule has 0 N–H and O–H groups in total. The zero-order chi connectivity index (χ0) is 37.9. The number of benzene rings is 7. The topological polar surface area (TPSA) is 29.0 Å². The molecule has 0 aliphatic heterocycles. The maximum Gasteiger partial charge on any atom is 0.0574 e. The molecule has 3 nitrogen and oxygen atoms in total. The Bertz CT molecular complexity index is 2590. The Morgan fingerprint density at radius 2 is 1.00 bits per heavy atom. The highest BCUT2D eigenvalue weighted by atomic mass is 15.1. The van der Waals surface area contributed by atoms with E-state index in [1.165, 1.54) is 50.2 Å². The first kappa shape index (κ1) is 34.9. The van der Waals surface area contributed by atoms with Gasteiger partial charge < -0.3 is 4.90 Å². The zero-order valence-corrected chi connectivity index (χ0v) is 31.8. The lowest BCUT2D eigenvalue weighted by atomic mass is 9.73. The molecule has 270 valence electrons. The molecular weight excluding hydrogens is 679 g/mol. The van der Waals surface area contributed by atoms with Crippen LogP contribution >= 0.6 is 0 Å². The van der Waals surface area contributed by atoms with E-state index < -0.39 is 0 Å². The first-order valence-corrected chi connectivity index (χ1v) is 19.6. The van der Waals surface area contributed by atoms with Crippen molar-refractivity contribution in [2.24, 2.45) is 0 Å². The maximum absolute atomic E-state index is 4.19. The molecule has 1 aliphatic carbocycles. The fourth-order valence-corrected chi connectivity index (χ4v) is 8.62. The fourth-order valence-electron chi connectivity index (χ4n) is 8.62. The Kier molecular flexibility index (Phi) is 9.42. The van der Waals surface area contributed by atoms with Gasteiger partial charge in [-0.1, -0.05) is 153 Å². The summed E-state index contributed by atoms with van der Waals surface area (Å²) in [5.74, 6) is 0. The van der Waals surface area contributed by atoms with E-state index in [2.05, 4.69) is 211 Å². The van der Waals surface area contributed by atoms with Gasteiger partial charge in [0.2, 0.25) is 0 Å². The predicted octanol–water partition coefficient (Wildman–Crippen LogP) is 14.2. The van der Waals surface area contributed by atoms with Gasteiger partial charge in [0.25, 0.3) is 0 Å². The van der Waals surface area contributed by atoms with E-state index in [4.69, 9.17) is 0 Å². The van der Waals surface area contributed by atoms with E-state index in [-0.39, 0.29) is 5.41 Å². The Morgan fingerprint density at radius 1 is 0.429 bits per heavy atom. The van der Waals surface area contributed by atoms with Gasteiger partial charge in [0, 0.05) is 28.0 Å². The summed E-state index contributed by atoms with van der Waals surface area (Å²) < 4.78 is 0. The van der Waals surface area contributed by atoms with Crippen LogP contribution in [0.15, 0.2) is 188 Å². The summed E-state index contributed by atoms with van der Waals surface area (Å²) in [7, 11) is 0. The van der Waals surface area contributed by atoms with Crippen LogP contribution in [0, 0.1) is 0 Å². The summed E-state index contributed by atoms with van der Waals surface area (Å²) in [4.78, 5) is 2.37. The molecule has 0 bridgehead atoms. The largest absolute Gasteiger partial charge is 0.310 e. The molecule has 7 aromatic carbocycles. The van der Waals surface area contributed by atoms with Crippen molar-refractivity contribution in [2.45, 2.75) is 32.1 Å². The quantitative estimate of drug-likeness (QED) is 0.132. The molecule has 0 unspecified atom stereocenters. The second kappa shape index (κ2) is 15.1. The minimum absolute atomic E-state index is 0.0661. The number of para-hydroxylation sites is 2. The van der Waals surface area contributed by atoms with E-state index in [1.54, 1.807) is 6.20 Å². The number of hydrogen-bond donors (Lipinski definition) is 0. The molecule has 3 heteroatoms. The van der Waals surface area contributed by atoms with Gasteiger partial charge in [-0.15, -0.1) is 0 Å². The van der Waals surface area contributed by atoms with Gasteiger partial charge >= 0.3 is 0 Å². The summed E-state index contributed by atoms with van der Waals surface area (Å²) in [6, 6.07) is 63.6. The SMILES string of the molecule is CCC1(CC)c2cc(/C=C/c3ccc(-c4ccc(-c5ccccc5)cc4-c4ccnnc4)cc3)ccc2-c2ccc(N(c3ccccc3)c3ccccc3)cc21. The summed E-state index contributed by atoms with van der Waals surface area (Å²) in [5.41, 5.74) is 18.2. The lowest BCUT2D eigenvalue weighted by Crippen LogP contribution is -2.23. The molecule has 1 heterocycles. The van der Waals surface area contributed by atoms with Gasteiger partial charge in [0.05, 0.1) is 12.4 Å². The number of aromatic nitrogens is 2. The Labute approximate surface area is 330 Å². The summed E-state index contributed by atoms with van der Waals surface area (Å²) in [6.45, 7) is 4.69. The van der Waals surface area contributed by atoms with Crippen molar-refractivity contribution < 1.29 is 0 Å². The fraction of sp³-hybridized carbons (Fsp3) is 0.0943. The monoisotopic (exact) mass is 721 g/mol. The van der Waals surface area contributed by atoms with Crippen molar-refractivity contribution in [3.05, 3.63) is 211 Å². The molecule has 0 amide bonds. The first-order valence-electron chi connectivity index (χ1n) is 19.6. The van der Waals surface area contributed by atoms with Crippen molar-refractivity contribution in [1.82, 2.24) is 10.2 Å². The van der Waals surface area contributed by atoms with Crippen molar-refractivity contribution in [3.8, 4) is 44.5 Å². The van der Waals surface area contributed by atoms with Crippen LogP contribution in [0.4, 0.5) is 17.1 Å². The standard InChI is InChI=1S/C53H43N3/c1-3-53(4-2)51-34-39(24-29-48(51)49-31-28-46(36-52(49)53)56(44-16-10-6-11-17-44)45-18-12-7-13-19-45)21-20-38-22-25-41(26-23-38)47-30-27-42(40-14-8-5-9-15-40)35-50(47)43-32-33-54-55-37-43/h5-37H,3-4H2,1-2H3/b21-20+. The van der Waals surface area contributed by atoms with E-state index in [9.17, 15) is 0 Å². The highest BCUT2D eigenvalue weighted by Gasteiger charge is 2.41. The van der Waals surface area contributed by atoms with Gasteiger partial charge in [0.1, 0.15) is 0 Å². The molecule has 0 fully saturated rings. The van der Waals surface area contributed by atoms with Crippen molar-refractivity contribution in [1.29, 1.82) is 0 Å². The van der Waals surface area contributed by atoms with Crippen LogP contribution in [-0.4, -0.2) is 10.2 Å². The molecule has 0 saturated heterocycles. The number of rotatable bonds is 10. The first-order chi connectivity index (χ1) is 27.6. The summed E-state index contributed by atoms with van der Waals surface area (Å²) in [5, 5.41) is 8.22. The number of anilines is 3. The smallest absolute Gasteiger partial charge is 0.0574 e. The van der Waals surface area contributed by atoms with Crippen LogP contribution in [0.5, 0.6) is 0 Å². The van der Waals surface area contributed by atoms with Crippen molar-refractivity contribution in [3.63, 3.8) is 0 Å². The normalized spacial score (nSPS) is 12.7. The zero-order valence-electron chi connectivity index (χ0n) is 31.8. The van der Waals surface area contributed by atoms with Gasteiger partial charge in [-0.25, -0.2) is 0 Å². The third-order valence-electron chi connectivity index (χ3n) is 11.6. The van der Waals surface area contributed by atoms with Crippen LogP contribution < -0.4 is 4.90 Å². The molecule has 0 radical (unpaired) electrons. The van der Waals surface area contributed by atoms with Crippen LogP contribution in [-0.2, 0) is 5.41 Å². The molecule has 8 aromatic rings. The van der Waals surface area contributed by atoms with Crippen LogP contribution in [0.25, 0.3) is 56.7 Å². The van der Waals surface area contributed by atoms with Crippen molar-refractivity contribution in [2.75, 3.05) is 4.90 Å². The maximum atomic E-state index is 4.19. The lowest BCUT2D eigenvalue weighted by molar-refractivity contribution is 0.490. The third kappa shape index (κ3) is 6.41. The van der Waals surface area contributed by atoms with Gasteiger partial charge in [-0.05, 0) is 123 Å². The molecule has 0 atom stereocenters.